The third-order valence-electron chi connectivity index (χ3n) is 5.01. The van der Waals surface area contributed by atoms with Crippen LogP contribution in [0.15, 0.2) is 46.9 Å². The number of aryl methyl sites for hydroxylation is 1. The molecule has 3 aliphatic heterocycles. The number of hydrogen-bond acceptors (Lipinski definition) is 3. The van der Waals surface area contributed by atoms with Crippen LogP contribution < -0.4 is 0 Å². The fourth-order valence-corrected chi connectivity index (χ4v) is 4.37. The lowest BCUT2D eigenvalue weighted by molar-refractivity contribution is -0.0777. The van der Waals surface area contributed by atoms with Gasteiger partial charge in [-0.05, 0) is 43.2 Å². The van der Waals surface area contributed by atoms with Gasteiger partial charge in [-0.3, -0.25) is 14.8 Å². The maximum Gasteiger partial charge on any atom is 0.0547 e. The molecule has 3 fully saturated rings. The van der Waals surface area contributed by atoms with Crippen molar-refractivity contribution in [2.24, 2.45) is 0 Å². The van der Waals surface area contributed by atoms with E-state index in [0.29, 0.717) is 12.1 Å². The molecule has 5 rings (SSSR count). The molecule has 2 aromatic rings. The van der Waals surface area contributed by atoms with Crippen molar-refractivity contribution in [2.45, 2.75) is 38.5 Å². The standard InChI is InChI=1S/C19H22BrN3/c1-14-4-2-7-17(21-14)11-22-12-18-9-19(13-22)23(18)10-15-5-3-6-16(20)8-15/h2-8,18-19H,9-13H2,1H3. The van der Waals surface area contributed by atoms with E-state index in [2.05, 4.69) is 80.1 Å². The molecule has 0 amide bonds. The molecule has 2 unspecified atom stereocenters. The number of pyridine rings is 1. The van der Waals surface area contributed by atoms with E-state index in [0.717, 1.165) is 18.8 Å². The van der Waals surface area contributed by atoms with Gasteiger partial charge in [0.15, 0.2) is 0 Å². The first-order chi connectivity index (χ1) is 11.2. The zero-order chi connectivity index (χ0) is 15.8. The van der Waals surface area contributed by atoms with Crippen LogP contribution in [-0.2, 0) is 13.1 Å². The number of halogens is 1. The molecular formula is C19H22BrN3. The smallest absolute Gasteiger partial charge is 0.0547 e. The molecule has 4 heteroatoms. The first-order valence-corrected chi connectivity index (χ1v) is 9.12. The molecule has 3 aliphatic rings. The van der Waals surface area contributed by atoms with E-state index >= 15 is 0 Å². The summed E-state index contributed by atoms with van der Waals surface area (Å²) >= 11 is 3.57. The topological polar surface area (TPSA) is 19.4 Å². The van der Waals surface area contributed by atoms with E-state index in [1.165, 1.54) is 35.2 Å². The predicted molar refractivity (Wildman–Crippen MR) is 96.1 cm³/mol. The zero-order valence-corrected chi connectivity index (χ0v) is 15.0. The molecule has 1 aromatic carbocycles. The molecule has 0 spiro atoms. The minimum Gasteiger partial charge on any atom is -0.294 e. The minimum absolute atomic E-state index is 0.706. The van der Waals surface area contributed by atoms with Crippen molar-refractivity contribution >= 4 is 15.9 Å². The van der Waals surface area contributed by atoms with Crippen molar-refractivity contribution in [3.8, 4) is 0 Å². The van der Waals surface area contributed by atoms with Gasteiger partial charge in [-0.25, -0.2) is 0 Å². The molecular weight excluding hydrogens is 350 g/mol. The van der Waals surface area contributed by atoms with Gasteiger partial charge in [0.2, 0.25) is 0 Å². The summed E-state index contributed by atoms with van der Waals surface area (Å²) in [6.45, 7) is 6.46. The van der Waals surface area contributed by atoms with Crippen molar-refractivity contribution in [1.82, 2.24) is 14.8 Å². The third kappa shape index (κ3) is 3.35. The Hall–Kier alpha value is -1.23. The molecule has 23 heavy (non-hydrogen) atoms. The minimum atomic E-state index is 0.706. The predicted octanol–water partition coefficient (Wildman–Crippen LogP) is 3.61. The summed E-state index contributed by atoms with van der Waals surface area (Å²) in [4.78, 5) is 9.88. The third-order valence-corrected chi connectivity index (χ3v) is 5.50. The average Bonchev–Trinajstić information content (AvgIpc) is 2.53. The molecule has 3 saturated heterocycles. The lowest BCUT2D eigenvalue weighted by Gasteiger charge is -2.56. The first-order valence-electron chi connectivity index (χ1n) is 8.32. The molecule has 0 aliphatic carbocycles. The van der Waals surface area contributed by atoms with Crippen LogP contribution >= 0.6 is 15.9 Å². The second kappa shape index (κ2) is 6.34. The van der Waals surface area contributed by atoms with Gasteiger partial charge in [0.1, 0.15) is 0 Å². The van der Waals surface area contributed by atoms with Gasteiger partial charge in [-0.1, -0.05) is 34.1 Å². The van der Waals surface area contributed by atoms with E-state index in [1.54, 1.807) is 0 Å². The van der Waals surface area contributed by atoms with Crippen LogP contribution in [0.4, 0.5) is 0 Å². The highest BCUT2D eigenvalue weighted by atomic mass is 79.9. The maximum atomic E-state index is 4.64. The summed E-state index contributed by atoms with van der Waals surface area (Å²) in [7, 11) is 0. The number of rotatable bonds is 4. The first kappa shape index (κ1) is 15.3. The van der Waals surface area contributed by atoms with E-state index in [-0.39, 0.29) is 0 Å². The molecule has 3 nitrogen and oxygen atoms in total. The zero-order valence-electron chi connectivity index (χ0n) is 13.5. The highest BCUT2D eigenvalue weighted by molar-refractivity contribution is 9.10. The van der Waals surface area contributed by atoms with Crippen molar-refractivity contribution in [2.75, 3.05) is 13.1 Å². The van der Waals surface area contributed by atoms with Crippen LogP contribution in [-0.4, -0.2) is 40.0 Å². The summed E-state index contributed by atoms with van der Waals surface area (Å²) in [5, 5.41) is 0. The van der Waals surface area contributed by atoms with Crippen LogP contribution in [0.25, 0.3) is 0 Å². The second-order valence-corrected chi connectivity index (χ2v) is 7.73. The van der Waals surface area contributed by atoms with Crippen LogP contribution in [0.3, 0.4) is 0 Å². The average molecular weight is 372 g/mol. The highest BCUT2D eigenvalue weighted by Gasteiger charge is 2.44. The van der Waals surface area contributed by atoms with E-state index in [4.69, 9.17) is 0 Å². The van der Waals surface area contributed by atoms with Gasteiger partial charge in [0.25, 0.3) is 0 Å². The molecule has 4 heterocycles. The van der Waals surface area contributed by atoms with Crippen LogP contribution in [0.2, 0.25) is 0 Å². The van der Waals surface area contributed by atoms with E-state index < -0.39 is 0 Å². The Morgan fingerprint density at radius 1 is 1.09 bits per heavy atom. The fraction of sp³-hybridized carbons (Fsp3) is 0.421. The summed E-state index contributed by atoms with van der Waals surface area (Å²) < 4.78 is 1.17. The SMILES string of the molecule is Cc1cccc(CN2CC3CC(C2)N3Cc2cccc(Br)c2)n1. The number of fused-ring (bicyclic) bond motifs is 2. The Balaban J connectivity index is 1.37. The Bertz CT molecular complexity index is 691. The number of piperidine rings is 1. The summed E-state index contributed by atoms with van der Waals surface area (Å²) in [5.74, 6) is 0. The molecule has 0 saturated carbocycles. The quantitative estimate of drug-likeness (QED) is 0.818. The lowest BCUT2D eigenvalue weighted by Crippen LogP contribution is -2.67. The summed E-state index contributed by atoms with van der Waals surface area (Å²) in [6.07, 6.45) is 1.35. The van der Waals surface area contributed by atoms with E-state index in [9.17, 15) is 0 Å². The fourth-order valence-electron chi connectivity index (χ4n) is 3.92. The highest BCUT2D eigenvalue weighted by Crippen LogP contribution is 2.34. The summed E-state index contributed by atoms with van der Waals surface area (Å²) in [5.41, 5.74) is 3.72. The second-order valence-electron chi connectivity index (χ2n) is 6.81. The number of piperazine rings is 1. The van der Waals surface area contributed by atoms with Crippen molar-refractivity contribution < 1.29 is 0 Å². The Morgan fingerprint density at radius 3 is 2.61 bits per heavy atom. The molecule has 2 bridgehead atoms. The van der Waals surface area contributed by atoms with Gasteiger partial charge in [-0.2, -0.15) is 0 Å². The van der Waals surface area contributed by atoms with Crippen LogP contribution in [0, 0.1) is 6.92 Å². The number of aromatic nitrogens is 1. The van der Waals surface area contributed by atoms with Crippen molar-refractivity contribution in [1.29, 1.82) is 0 Å². The normalized spacial score (nSPS) is 24.4. The number of benzene rings is 1. The molecule has 0 radical (unpaired) electrons. The van der Waals surface area contributed by atoms with Crippen molar-refractivity contribution in [3.63, 3.8) is 0 Å². The molecule has 1 aromatic heterocycles. The van der Waals surface area contributed by atoms with Gasteiger partial charge >= 0.3 is 0 Å². The Morgan fingerprint density at radius 2 is 1.87 bits per heavy atom. The van der Waals surface area contributed by atoms with E-state index in [1.807, 2.05) is 0 Å². The molecule has 0 N–H and O–H groups in total. The number of hydrogen-bond donors (Lipinski definition) is 0. The molecule has 2 atom stereocenters. The van der Waals surface area contributed by atoms with Crippen LogP contribution in [0.1, 0.15) is 23.4 Å². The number of nitrogens with zero attached hydrogens (tertiary/aromatic N) is 3. The van der Waals surface area contributed by atoms with Gasteiger partial charge in [0, 0.05) is 48.4 Å². The van der Waals surface area contributed by atoms with Crippen molar-refractivity contribution in [3.05, 3.63) is 63.9 Å². The van der Waals surface area contributed by atoms with Crippen LogP contribution in [0.5, 0.6) is 0 Å². The van der Waals surface area contributed by atoms with Gasteiger partial charge < -0.3 is 0 Å². The largest absolute Gasteiger partial charge is 0.294 e. The Kier molecular flexibility index (Phi) is 4.22. The van der Waals surface area contributed by atoms with Gasteiger partial charge in [-0.15, -0.1) is 0 Å². The molecule has 120 valence electrons. The summed E-state index contributed by atoms with van der Waals surface area (Å²) in [6, 6.07) is 16.4. The van der Waals surface area contributed by atoms with Gasteiger partial charge in [0.05, 0.1) is 5.69 Å². The Labute approximate surface area is 146 Å². The monoisotopic (exact) mass is 371 g/mol. The maximum absolute atomic E-state index is 4.64. The lowest BCUT2D eigenvalue weighted by atomic mass is 9.86.